The summed E-state index contributed by atoms with van der Waals surface area (Å²) < 4.78 is 1.59. The van der Waals surface area contributed by atoms with E-state index in [0.29, 0.717) is 27.9 Å². The molecular weight excluding hydrogens is 334 g/mol. The van der Waals surface area contributed by atoms with Crippen molar-refractivity contribution in [3.8, 4) is 34.1 Å². The van der Waals surface area contributed by atoms with Gasteiger partial charge in [-0.2, -0.15) is 5.26 Å². The summed E-state index contributed by atoms with van der Waals surface area (Å²) in [5, 5.41) is 9.54. The fraction of sp³-hybridized carbons (Fsp3) is 0. The molecule has 0 aliphatic rings. The number of aromatic nitrogens is 2. The molecule has 0 atom stereocenters. The van der Waals surface area contributed by atoms with E-state index in [0.717, 1.165) is 5.69 Å². The highest BCUT2D eigenvalue weighted by atomic mass is 16.1. The zero-order chi connectivity index (χ0) is 18.6. The van der Waals surface area contributed by atoms with Gasteiger partial charge < -0.3 is 0 Å². The number of nitriles is 1. The zero-order valence-electron chi connectivity index (χ0n) is 14.4. The third kappa shape index (κ3) is 3.03. The zero-order valence-corrected chi connectivity index (χ0v) is 14.4. The lowest BCUT2D eigenvalue weighted by Crippen LogP contribution is -2.20. The number of para-hydroxylation sites is 1. The Bertz CT molecular complexity index is 1190. The van der Waals surface area contributed by atoms with E-state index >= 15 is 0 Å². The van der Waals surface area contributed by atoms with Crippen molar-refractivity contribution >= 4 is 0 Å². The first-order valence-electron chi connectivity index (χ1n) is 8.51. The molecule has 4 rings (SSSR count). The molecule has 27 heavy (non-hydrogen) atoms. The van der Waals surface area contributed by atoms with E-state index in [2.05, 4.69) is 11.1 Å². The van der Waals surface area contributed by atoms with Gasteiger partial charge in [0.1, 0.15) is 0 Å². The topological polar surface area (TPSA) is 58.7 Å². The molecule has 0 aliphatic carbocycles. The summed E-state index contributed by atoms with van der Waals surface area (Å²) >= 11 is 0. The second kappa shape index (κ2) is 7.11. The minimum absolute atomic E-state index is 0.188. The van der Waals surface area contributed by atoms with Crippen LogP contribution < -0.4 is 5.56 Å². The van der Waals surface area contributed by atoms with Crippen molar-refractivity contribution in [3.05, 3.63) is 107 Å². The van der Waals surface area contributed by atoms with Gasteiger partial charge in [-0.15, -0.1) is 0 Å². The van der Waals surface area contributed by atoms with E-state index in [1.807, 2.05) is 60.7 Å². The summed E-state index contributed by atoms with van der Waals surface area (Å²) in [6, 6.07) is 26.2. The van der Waals surface area contributed by atoms with Gasteiger partial charge >= 0.3 is 0 Å². The van der Waals surface area contributed by atoms with Crippen molar-refractivity contribution in [2.24, 2.45) is 0 Å². The van der Waals surface area contributed by atoms with Gasteiger partial charge in [0.15, 0.2) is 0 Å². The standard InChI is InChI=1S/C23H15N3O/c24-16-17-8-4-5-11-19(17)22-20(21-12-6-7-14-25-21)13-15-26(23(22)27)18-9-2-1-3-10-18/h1-15H. The molecule has 0 saturated heterocycles. The molecule has 128 valence electrons. The van der Waals surface area contributed by atoms with Gasteiger partial charge in [-0.3, -0.25) is 14.3 Å². The Morgan fingerprint density at radius 2 is 1.56 bits per heavy atom. The second-order valence-electron chi connectivity index (χ2n) is 5.99. The Kier molecular flexibility index (Phi) is 4.34. The monoisotopic (exact) mass is 349 g/mol. The SMILES string of the molecule is N#Cc1ccccc1-c1c(-c2ccccn2)ccn(-c2ccccc2)c1=O. The molecular formula is C23H15N3O. The van der Waals surface area contributed by atoms with Crippen LogP contribution in [0.2, 0.25) is 0 Å². The van der Waals surface area contributed by atoms with Crippen LogP contribution in [-0.2, 0) is 0 Å². The van der Waals surface area contributed by atoms with Crippen LogP contribution in [0.25, 0.3) is 28.1 Å². The van der Waals surface area contributed by atoms with E-state index in [-0.39, 0.29) is 5.56 Å². The molecule has 0 fully saturated rings. The lowest BCUT2D eigenvalue weighted by atomic mass is 9.95. The predicted molar refractivity (Wildman–Crippen MR) is 105 cm³/mol. The molecule has 0 bridgehead atoms. The summed E-state index contributed by atoms with van der Waals surface area (Å²) in [5.41, 5.74) is 3.51. The molecule has 0 radical (unpaired) electrons. The fourth-order valence-electron chi connectivity index (χ4n) is 3.12. The molecule has 2 aromatic heterocycles. The minimum Gasteiger partial charge on any atom is -0.284 e. The molecule has 0 unspecified atom stereocenters. The lowest BCUT2D eigenvalue weighted by Gasteiger charge is -2.14. The van der Waals surface area contributed by atoms with E-state index in [9.17, 15) is 10.1 Å². The number of benzene rings is 2. The Balaban J connectivity index is 2.07. The van der Waals surface area contributed by atoms with Crippen LogP contribution in [0.3, 0.4) is 0 Å². The summed E-state index contributed by atoms with van der Waals surface area (Å²) in [6.45, 7) is 0. The molecule has 0 N–H and O–H groups in total. The summed E-state index contributed by atoms with van der Waals surface area (Å²) in [6.07, 6.45) is 3.44. The third-order valence-electron chi connectivity index (χ3n) is 4.38. The minimum atomic E-state index is -0.188. The maximum atomic E-state index is 13.5. The molecule has 0 amide bonds. The molecule has 4 aromatic rings. The summed E-state index contributed by atoms with van der Waals surface area (Å²) in [5.74, 6) is 0. The lowest BCUT2D eigenvalue weighted by molar-refractivity contribution is 0.993. The van der Waals surface area contributed by atoms with Crippen LogP contribution in [0.1, 0.15) is 5.56 Å². The van der Waals surface area contributed by atoms with Crippen molar-refractivity contribution in [1.29, 1.82) is 5.26 Å². The van der Waals surface area contributed by atoms with Gasteiger partial charge in [0.05, 0.1) is 22.9 Å². The van der Waals surface area contributed by atoms with Crippen molar-refractivity contribution in [3.63, 3.8) is 0 Å². The molecule has 0 spiro atoms. The Morgan fingerprint density at radius 3 is 2.30 bits per heavy atom. The number of hydrogen-bond acceptors (Lipinski definition) is 3. The van der Waals surface area contributed by atoms with Gasteiger partial charge in [-0.1, -0.05) is 42.5 Å². The Morgan fingerprint density at radius 1 is 0.815 bits per heavy atom. The van der Waals surface area contributed by atoms with Crippen molar-refractivity contribution in [1.82, 2.24) is 9.55 Å². The maximum absolute atomic E-state index is 13.5. The average Bonchev–Trinajstić information content (AvgIpc) is 2.75. The molecule has 4 heteroatoms. The number of nitrogens with zero attached hydrogens (tertiary/aromatic N) is 3. The van der Waals surface area contributed by atoms with Crippen molar-refractivity contribution in [2.45, 2.75) is 0 Å². The average molecular weight is 349 g/mol. The van der Waals surface area contributed by atoms with Gasteiger partial charge in [0, 0.05) is 29.2 Å². The second-order valence-corrected chi connectivity index (χ2v) is 5.99. The highest BCUT2D eigenvalue weighted by Gasteiger charge is 2.18. The molecule has 4 nitrogen and oxygen atoms in total. The van der Waals surface area contributed by atoms with E-state index in [4.69, 9.17) is 0 Å². The molecule has 2 aromatic carbocycles. The maximum Gasteiger partial charge on any atom is 0.263 e. The Labute approximate surface area is 156 Å². The van der Waals surface area contributed by atoms with Crippen LogP contribution in [0, 0.1) is 11.3 Å². The first-order chi connectivity index (χ1) is 13.3. The Hall–Kier alpha value is -3.97. The highest BCUT2D eigenvalue weighted by Crippen LogP contribution is 2.30. The molecule has 0 aliphatic heterocycles. The molecule has 0 saturated carbocycles. The largest absolute Gasteiger partial charge is 0.284 e. The van der Waals surface area contributed by atoms with Crippen LogP contribution >= 0.6 is 0 Å². The normalized spacial score (nSPS) is 10.3. The van der Waals surface area contributed by atoms with Crippen LogP contribution in [0.15, 0.2) is 96.1 Å². The third-order valence-corrected chi connectivity index (χ3v) is 4.38. The van der Waals surface area contributed by atoms with Crippen LogP contribution in [0.4, 0.5) is 0 Å². The van der Waals surface area contributed by atoms with Gasteiger partial charge in [-0.05, 0) is 36.4 Å². The highest BCUT2D eigenvalue weighted by molar-refractivity contribution is 5.84. The van der Waals surface area contributed by atoms with Crippen molar-refractivity contribution in [2.75, 3.05) is 0 Å². The van der Waals surface area contributed by atoms with Gasteiger partial charge in [0.25, 0.3) is 5.56 Å². The first-order valence-corrected chi connectivity index (χ1v) is 8.51. The van der Waals surface area contributed by atoms with Crippen LogP contribution in [-0.4, -0.2) is 9.55 Å². The van der Waals surface area contributed by atoms with Gasteiger partial charge in [0.2, 0.25) is 0 Å². The van der Waals surface area contributed by atoms with E-state index in [1.165, 1.54) is 0 Å². The summed E-state index contributed by atoms with van der Waals surface area (Å²) in [4.78, 5) is 17.9. The number of hydrogen-bond donors (Lipinski definition) is 0. The number of pyridine rings is 2. The smallest absolute Gasteiger partial charge is 0.263 e. The number of rotatable bonds is 3. The predicted octanol–water partition coefficient (Wildman–Crippen LogP) is 4.44. The fourth-order valence-corrected chi connectivity index (χ4v) is 3.12. The first kappa shape index (κ1) is 16.5. The summed E-state index contributed by atoms with van der Waals surface area (Å²) in [7, 11) is 0. The molecule has 2 heterocycles. The quantitative estimate of drug-likeness (QED) is 0.549. The van der Waals surface area contributed by atoms with Crippen molar-refractivity contribution < 1.29 is 0 Å². The van der Waals surface area contributed by atoms with E-state index in [1.54, 1.807) is 35.2 Å². The van der Waals surface area contributed by atoms with Crippen LogP contribution in [0.5, 0.6) is 0 Å². The van der Waals surface area contributed by atoms with E-state index < -0.39 is 0 Å². The van der Waals surface area contributed by atoms with Gasteiger partial charge in [-0.25, -0.2) is 0 Å².